The summed E-state index contributed by atoms with van der Waals surface area (Å²) >= 11 is 0. The predicted molar refractivity (Wildman–Crippen MR) is 55.2 cm³/mol. The van der Waals surface area contributed by atoms with Crippen molar-refractivity contribution in [2.45, 2.75) is 39.8 Å². The Morgan fingerprint density at radius 3 is 1.55 bits per heavy atom. The molecule has 0 rings (SSSR count). The smallest absolute Gasteiger partial charge is 0.00414 e. The molecule has 0 aliphatic carbocycles. The average molecular weight is 179 g/mol. The highest BCUT2D eigenvalue weighted by atomic mass is 31.0. The monoisotopic (exact) mass is 179 g/mol. The van der Waals surface area contributed by atoms with E-state index in [-0.39, 0.29) is 5.48 Å². The molecule has 1 atom stereocenters. The van der Waals surface area contributed by atoms with E-state index in [4.69, 9.17) is 0 Å². The molecule has 0 radical (unpaired) electrons. The van der Waals surface area contributed by atoms with Crippen LogP contribution in [0.5, 0.6) is 0 Å². The van der Waals surface area contributed by atoms with Gasteiger partial charge in [-0.3, -0.25) is 4.90 Å². The first-order valence-electron chi connectivity index (χ1n) is 4.05. The maximum Gasteiger partial charge on any atom is 0.00414 e. The molecule has 0 saturated carbocycles. The fourth-order valence-corrected chi connectivity index (χ4v) is 1.56. The predicted octanol–water partition coefficient (Wildman–Crippen LogP) is 1.16. The molecular weight excluding hydrogens is 157 g/mol. The SMILES string of the molecule is CC(C)N(CCP)C(C)C.O. The van der Waals surface area contributed by atoms with Crippen LogP contribution in [0.1, 0.15) is 27.7 Å². The lowest BCUT2D eigenvalue weighted by Gasteiger charge is -2.29. The molecular formula is C8H22NOP. The van der Waals surface area contributed by atoms with Crippen molar-refractivity contribution in [2.75, 3.05) is 12.7 Å². The minimum Gasteiger partial charge on any atom is -0.412 e. The maximum atomic E-state index is 2.77. The summed E-state index contributed by atoms with van der Waals surface area (Å²) in [5.74, 6) is 0. The average Bonchev–Trinajstić information content (AvgIpc) is 1.81. The van der Waals surface area contributed by atoms with Crippen molar-refractivity contribution >= 4 is 9.24 Å². The van der Waals surface area contributed by atoms with Crippen LogP contribution in [0.4, 0.5) is 0 Å². The summed E-state index contributed by atoms with van der Waals surface area (Å²) in [5.41, 5.74) is 0. The lowest BCUT2D eigenvalue weighted by molar-refractivity contribution is 0.187. The standard InChI is InChI=1S/C8H20NP.H2O/c1-7(2)9(5-6-10)8(3)4;/h7-8H,5-6,10H2,1-4H3;1H2. The van der Waals surface area contributed by atoms with Gasteiger partial charge in [0.15, 0.2) is 0 Å². The van der Waals surface area contributed by atoms with Crippen molar-refractivity contribution in [3.63, 3.8) is 0 Å². The number of hydrogen-bond donors (Lipinski definition) is 0. The van der Waals surface area contributed by atoms with Crippen molar-refractivity contribution in [3.8, 4) is 0 Å². The van der Waals surface area contributed by atoms with Crippen LogP contribution in [0, 0.1) is 0 Å². The first-order chi connectivity index (χ1) is 4.59. The lowest BCUT2D eigenvalue weighted by Crippen LogP contribution is -2.38. The molecule has 0 bridgehead atoms. The van der Waals surface area contributed by atoms with Crippen LogP contribution < -0.4 is 0 Å². The van der Waals surface area contributed by atoms with Crippen LogP contribution in [0.25, 0.3) is 0 Å². The van der Waals surface area contributed by atoms with Crippen LogP contribution in [-0.4, -0.2) is 35.2 Å². The Morgan fingerprint density at radius 2 is 1.45 bits per heavy atom. The molecule has 70 valence electrons. The minimum absolute atomic E-state index is 0. The second-order valence-corrected chi connectivity index (χ2v) is 3.79. The first-order valence-corrected chi connectivity index (χ1v) is 4.87. The van der Waals surface area contributed by atoms with Crippen LogP contribution >= 0.6 is 9.24 Å². The first kappa shape index (κ1) is 13.9. The van der Waals surface area contributed by atoms with Crippen molar-refractivity contribution in [3.05, 3.63) is 0 Å². The Labute approximate surface area is 72.9 Å². The summed E-state index contributed by atoms with van der Waals surface area (Å²) in [6.07, 6.45) is 1.18. The van der Waals surface area contributed by atoms with E-state index in [1.807, 2.05) is 0 Å². The van der Waals surface area contributed by atoms with Crippen LogP contribution in [-0.2, 0) is 0 Å². The summed E-state index contributed by atoms with van der Waals surface area (Å²) in [6.45, 7) is 10.2. The molecule has 3 heteroatoms. The second kappa shape index (κ2) is 7.02. The Balaban J connectivity index is 0. The lowest BCUT2D eigenvalue weighted by atomic mass is 10.2. The van der Waals surface area contributed by atoms with E-state index in [1.165, 1.54) is 12.7 Å². The zero-order valence-corrected chi connectivity index (χ0v) is 9.25. The summed E-state index contributed by atoms with van der Waals surface area (Å²) in [7, 11) is 2.77. The van der Waals surface area contributed by atoms with E-state index in [0.29, 0.717) is 12.1 Å². The van der Waals surface area contributed by atoms with Gasteiger partial charge in [-0.25, -0.2) is 0 Å². The van der Waals surface area contributed by atoms with E-state index in [1.54, 1.807) is 0 Å². The van der Waals surface area contributed by atoms with Crippen molar-refractivity contribution in [2.24, 2.45) is 0 Å². The fraction of sp³-hybridized carbons (Fsp3) is 1.00. The highest BCUT2D eigenvalue weighted by Crippen LogP contribution is 2.04. The fourth-order valence-electron chi connectivity index (χ4n) is 1.26. The Morgan fingerprint density at radius 1 is 1.09 bits per heavy atom. The van der Waals surface area contributed by atoms with Gasteiger partial charge < -0.3 is 5.48 Å². The molecule has 0 heterocycles. The third-order valence-electron chi connectivity index (χ3n) is 1.71. The molecule has 1 unspecified atom stereocenters. The highest BCUT2D eigenvalue weighted by molar-refractivity contribution is 7.16. The molecule has 0 aromatic carbocycles. The van der Waals surface area contributed by atoms with Gasteiger partial charge in [-0.05, 0) is 33.9 Å². The zero-order valence-electron chi connectivity index (χ0n) is 8.09. The van der Waals surface area contributed by atoms with Gasteiger partial charge in [0, 0.05) is 18.6 Å². The number of rotatable bonds is 4. The van der Waals surface area contributed by atoms with Crippen LogP contribution in [0.3, 0.4) is 0 Å². The van der Waals surface area contributed by atoms with Gasteiger partial charge in [-0.15, -0.1) is 9.24 Å². The molecule has 2 nitrogen and oxygen atoms in total. The normalized spacial score (nSPS) is 10.9. The Bertz CT molecular complexity index is 78.2. The Kier molecular flexibility index (Phi) is 8.88. The van der Waals surface area contributed by atoms with Crippen molar-refractivity contribution in [1.29, 1.82) is 0 Å². The zero-order chi connectivity index (χ0) is 8.15. The molecule has 0 saturated heterocycles. The second-order valence-electron chi connectivity index (χ2n) is 3.21. The summed E-state index contributed by atoms with van der Waals surface area (Å²) in [5, 5.41) is 0. The number of hydrogen-bond acceptors (Lipinski definition) is 1. The highest BCUT2D eigenvalue weighted by Gasteiger charge is 2.10. The molecule has 0 fully saturated rings. The van der Waals surface area contributed by atoms with Gasteiger partial charge in [0.25, 0.3) is 0 Å². The van der Waals surface area contributed by atoms with Gasteiger partial charge >= 0.3 is 0 Å². The molecule has 0 aliphatic rings. The van der Waals surface area contributed by atoms with Gasteiger partial charge in [0.2, 0.25) is 0 Å². The van der Waals surface area contributed by atoms with E-state index in [9.17, 15) is 0 Å². The molecule has 0 amide bonds. The van der Waals surface area contributed by atoms with E-state index in [2.05, 4.69) is 41.8 Å². The summed E-state index contributed by atoms with van der Waals surface area (Å²) in [4.78, 5) is 2.49. The summed E-state index contributed by atoms with van der Waals surface area (Å²) in [6, 6.07) is 1.36. The topological polar surface area (TPSA) is 34.7 Å². The van der Waals surface area contributed by atoms with E-state index >= 15 is 0 Å². The summed E-state index contributed by atoms with van der Waals surface area (Å²) < 4.78 is 0. The molecule has 11 heavy (non-hydrogen) atoms. The van der Waals surface area contributed by atoms with Gasteiger partial charge in [0.05, 0.1) is 0 Å². The van der Waals surface area contributed by atoms with E-state index < -0.39 is 0 Å². The third-order valence-corrected chi connectivity index (χ3v) is 1.97. The molecule has 0 aliphatic heterocycles. The Hall–Kier alpha value is 0.350. The van der Waals surface area contributed by atoms with Crippen LogP contribution in [0.15, 0.2) is 0 Å². The van der Waals surface area contributed by atoms with Crippen molar-refractivity contribution in [1.82, 2.24) is 4.90 Å². The van der Waals surface area contributed by atoms with Gasteiger partial charge in [-0.2, -0.15) is 0 Å². The molecule has 0 aromatic rings. The van der Waals surface area contributed by atoms with Gasteiger partial charge in [-0.1, -0.05) is 0 Å². The molecule has 2 N–H and O–H groups in total. The minimum atomic E-state index is 0. The largest absolute Gasteiger partial charge is 0.412 e. The van der Waals surface area contributed by atoms with Crippen LogP contribution in [0.2, 0.25) is 0 Å². The molecule has 0 spiro atoms. The quantitative estimate of drug-likeness (QED) is 0.596. The number of nitrogens with zero attached hydrogens (tertiary/aromatic N) is 1. The molecule has 0 aromatic heterocycles. The third kappa shape index (κ3) is 5.60. The van der Waals surface area contributed by atoms with Crippen molar-refractivity contribution < 1.29 is 5.48 Å². The van der Waals surface area contributed by atoms with E-state index in [0.717, 1.165) is 0 Å². The maximum absolute atomic E-state index is 2.77. The van der Waals surface area contributed by atoms with Gasteiger partial charge in [0.1, 0.15) is 0 Å².